The molecular weight excluding hydrogens is 150 g/mol. The van der Waals surface area contributed by atoms with Crippen LogP contribution < -0.4 is 5.32 Å². The SMILES string of the molecule is CC12CNC(=O)C(C1)C(C)(C)C2. The van der Waals surface area contributed by atoms with Crippen LogP contribution in [-0.4, -0.2) is 12.5 Å². The van der Waals surface area contributed by atoms with Gasteiger partial charge in [0.1, 0.15) is 0 Å². The second kappa shape index (κ2) is 2.04. The first-order valence-electron chi connectivity index (χ1n) is 4.71. The Hall–Kier alpha value is -0.530. The van der Waals surface area contributed by atoms with Gasteiger partial charge in [0.15, 0.2) is 0 Å². The third kappa shape index (κ3) is 0.970. The summed E-state index contributed by atoms with van der Waals surface area (Å²) in [5, 5.41) is 3.00. The molecule has 0 aromatic carbocycles. The van der Waals surface area contributed by atoms with Gasteiger partial charge in [-0.25, -0.2) is 0 Å². The number of carbonyl (C=O) groups is 1. The Balaban J connectivity index is 2.33. The highest BCUT2D eigenvalue weighted by molar-refractivity contribution is 5.81. The van der Waals surface area contributed by atoms with Gasteiger partial charge in [-0.15, -0.1) is 0 Å². The molecule has 2 fully saturated rings. The number of carbonyl (C=O) groups excluding carboxylic acids is 1. The summed E-state index contributed by atoms with van der Waals surface area (Å²) in [5.41, 5.74) is 0.595. The molecule has 1 heterocycles. The van der Waals surface area contributed by atoms with Crippen LogP contribution in [-0.2, 0) is 4.79 Å². The van der Waals surface area contributed by atoms with Crippen LogP contribution in [0.1, 0.15) is 33.6 Å². The zero-order chi connectivity index (χ0) is 8.98. The van der Waals surface area contributed by atoms with Gasteiger partial charge in [-0.1, -0.05) is 20.8 Å². The number of hydrogen-bond acceptors (Lipinski definition) is 1. The molecule has 0 spiro atoms. The molecule has 2 bridgehead atoms. The molecule has 1 saturated carbocycles. The average Bonchev–Trinajstić information content (AvgIpc) is 2.12. The average molecular weight is 167 g/mol. The van der Waals surface area contributed by atoms with E-state index in [-0.39, 0.29) is 17.2 Å². The number of piperidine rings is 1. The van der Waals surface area contributed by atoms with E-state index in [2.05, 4.69) is 26.1 Å². The van der Waals surface area contributed by atoms with E-state index in [9.17, 15) is 4.79 Å². The summed E-state index contributed by atoms with van der Waals surface area (Å²) in [6.07, 6.45) is 2.27. The molecule has 2 rings (SSSR count). The number of rotatable bonds is 0. The van der Waals surface area contributed by atoms with Gasteiger partial charge in [-0.2, -0.15) is 0 Å². The Morgan fingerprint density at radius 2 is 2.08 bits per heavy atom. The lowest BCUT2D eigenvalue weighted by Crippen LogP contribution is -2.43. The number of hydrogen-bond donors (Lipinski definition) is 1. The van der Waals surface area contributed by atoms with Crippen molar-refractivity contribution in [3.05, 3.63) is 0 Å². The Kier molecular flexibility index (Phi) is 1.37. The van der Waals surface area contributed by atoms with Gasteiger partial charge in [0, 0.05) is 12.5 Å². The van der Waals surface area contributed by atoms with E-state index in [1.54, 1.807) is 0 Å². The van der Waals surface area contributed by atoms with Crippen molar-refractivity contribution < 1.29 is 4.79 Å². The van der Waals surface area contributed by atoms with Crippen molar-refractivity contribution in [2.45, 2.75) is 33.6 Å². The number of nitrogens with one attached hydrogen (secondary N) is 1. The molecule has 2 heteroatoms. The van der Waals surface area contributed by atoms with Crippen LogP contribution in [0, 0.1) is 16.7 Å². The standard InChI is InChI=1S/C10H17NO/c1-9(2)5-10(3)4-7(9)8(12)11-6-10/h7H,4-6H2,1-3H3,(H,11,12). The highest BCUT2D eigenvalue weighted by atomic mass is 16.2. The van der Waals surface area contributed by atoms with Crippen LogP contribution in [0.3, 0.4) is 0 Å². The molecule has 0 aromatic rings. The van der Waals surface area contributed by atoms with Crippen molar-refractivity contribution in [3.63, 3.8) is 0 Å². The summed E-state index contributed by atoms with van der Waals surface area (Å²) < 4.78 is 0. The zero-order valence-electron chi connectivity index (χ0n) is 8.11. The Morgan fingerprint density at radius 1 is 1.42 bits per heavy atom. The molecule has 0 aromatic heterocycles. The molecule has 68 valence electrons. The fourth-order valence-electron chi connectivity index (χ4n) is 3.07. The molecule has 1 amide bonds. The summed E-state index contributed by atoms with van der Waals surface area (Å²) in [5.74, 6) is 0.534. The number of amides is 1. The smallest absolute Gasteiger partial charge is 0.223 e. The molecular formula is C10H17NO. The molecule has 1 saturated heterocycles. The number of fused-ring (bicyclic) bond motifs is 2. The topological polar surface area (TPSA) is 29.1 Å². The van der Waals surface area contributed by atoms with Crippen LogP contribution in [0.4, 0.5) is 0 Å². The molecule has 12 heavy (non-hydrogen) atoms. The maximum absolute atomic E-state index is 11.5. The quantitative estimate of drug-likeness (QED) is 0.583. The van der Waals surface area contributed by atoms with Gasteiger partial charge in [0.05, 0.1) is 0 Å². The molecule has 0 radical (unpaired) electrons. The van der Waals surface area contributed by atoms with Crippen LogP contribution in [0.2, 0.25) is 0 Å². The van der Waals surface area contributed by atoms with Gasteiger partial charge in [0.25, 0.3) is 0 Å². The van der Waals surface area contributed by atoms with E-state index in [4.69, 9.17) is 0 Å². The monoisotopic (exact) mass is 167 g/mol. The Morgan fingerprint density at radius 3 is 2.67 bits per heavy atom. The summed E-state index contributed by atoms with van der Waals surface area (Å²) in [7, 11) is 0. The largest absolute Gasteiger partial charge is 0.355 e. The fraction of sp³-hybridized carbons (Fsp3) is 0.900. The van der Waals surface area contributed by atoms with E-state index in [1.165, 1.54) is 6.42 Å². The highest BCUT2D eigenvalue weighted by Gasteiger charge is 2.53. The van der Waals surface area contributed by atoms with Crippen LogP contribution in [0.5, 0.6) is 0 Å². The second-order valence-electron chi connectivity index (χ2n) is 5.45. The van der Waals surface area contributed by atoms with Gasteiger partial charge >= 0.3 is 0 Å². The Bertz CT molecular complexity index is 234. The van der Waals surface area contributed by atoms with Crippen LogP contribution >= 0.6 is 0 Å². The van der Waals surface area contributed by atoms with Gasteiger partial charge < -0.3 is 5.32 Å². The minimum absolute atomic E-state index is 0.218. The fourth-order valence-corrected chi connectivity index (χ4v) is 3.07. The lowest BCUT2D eigenvalue weighted by atomic mass is 9.81. The Labute approximate surface area is 73.7 Å². The summed E-state index contributed by atoms with van der Waals surface area (Å²) in [6, 6.07) is 0. The van der Waals surface area contributed by atoms with Crippen molar-refractivity contribution in [1.82, 2.24) is 5.32 Å². The van der Waals surface area contributed by atoms with Crippen molar-refractivity contribution in [3.8, 4) is 0 Å². The van der Waals surface area contributed by atoms with Gasteiger partial charge in [-0.3, -0.25) is 4.79 Å². The molecule has 2 atom stereocenters. The van der Waals surface area contributed by atoms with Crippen LogP contribution in [0.25, 0.3) is 0 Å². The lowest BCUT2D eigenvalue weighted by molar-refractivity contribution is -0.129. The predicted octanol–water partition coefficient (Wildman–Crippen LogP) is 1.56. The molecule has 2 unspecified atom stereocenters. The normalized spacial score (nSPS) is 44.2. The minimum atomic E-state index is 0.218. The lowest BCUT2D eigenvalue weighted by Gasteiger charge is -2.29. The summed E-state index contributed by atoms with van der Waals surface area (Å²) in [4.78, 5) is 11.5. The van der Waals surface area contributed by atoms with E-state index in [1.807, 2.05) is 0 Å². The van der Waals surface area contributed by atoms with Crippen molar-refractivity contribution in [2.75, 3.05) is 6.54 Å². The third-order valence-electron chi connectivity index (χ3n) is 3.53. The zero-order valence-corrected chi connectivity index (χ0v) is 8.11. The molecule has 1 aliphatic heterocycles. The first-order valence-corrected chi connectivity index (χ1v) is 4.71. The van der Waals surface area contributed by atoms with E-state index < -0.39 is 0 Å². The highest BCUT2D eigenvalue weighted by Crippen LogP contribution is 2.54. The second-order valence-corrected chi connectivity index (χ2v) is 5.45. The molecule has 1 aliphatic carbocycles. The molecule has 1 N–H and O–H groups in total. The maximum atomic E-state index is 11.5. The first kappa shape index (κ1) is 8.09. The molecule has 2 nitrogen and oxygen atoms in total. The minimum Gasteiger partial charge on any atom is -0.355 e. The van der Waals surface area contributed by atoms with Gasteiger partial charge in [0.2, 0.25) is 5.91 Å². The maximum Gasteiger partial charge on any atom is 0.223 e. The van der Waals surface area contributed by atoms with E-state index in [0.29, 0.717) is 5.41 Å². The predicted molar refractivity (Wildman–Crippen MR) is 47.6 cm³/mol. The van der Waals surface area contributed by atoms with Gasteiger partial charge in [-0.05, 0) is 23.7 Å². The van der Waals surface area contributed by atoms with E-state index >= 15 is 0 Å². The van der Waals surface area contributed by atoms with Crippen molar-refractivity contribution in [1.29, 1.82) is 0 Å². The van der Waals surface area contributed by atoms with Crippen LogP contribution in [0.15, 0.2) is 0 Å². The van der Waals surface area contributed by atoms with Crippen molar-refractivity contribution in [2.24, 2.45) is 16.7 Å². The summed E-state index contributed by atoms with van der Waals surface area (Å²) in [6.45, 7) is 7.60. The first-order chi connectivity index (χ1) is 5.43. The molecule has 2 aliphatic rings. The third-order valence-corrected chi connectivity index (χ3v) is 3.53. The van der Waals surface area contributed by atoms with Crippen molar-refractivity contribution >= 4 is 5.91 Å². The summed E-state index contributed by atoms with van der Waals surface area (Å²) >= 11 is 0. The van der Waals surface area contributed by atoms with E-state index in [0.717, 1.165) is 13.0 Å².